The zero-order valence-corrected chi connectivity index (χ0v) is 17.3. The molecule has 3 aromatic rings. The molecule has 29 heavy (non-hydrogen) atoms. The number of halogens is 2. The zero-order chi connectivity index (χ0) is 20.5. The fourth-order valence-corrected chi connectivity index (χ4v) is 3.49. The molecule has 0 bridgehead atoms. The van der Waals surface area contributed by atoms with E-state index >= 15 is 0 Å². The topological polar surface area (TPSA) is 99.0 Å². The van der Waals surface area contributed by atoms with E-state index in [9.17, 15) is 9.59 Å². The van der Waals surface area contributed by atoms with Crippen LogP contribution in [0.2, 0.25) is 5.02 Å². The number of aromatic nitrogens is 4. The van der Waals surface area contributed by atoms with E-state index in [1.807, 2.05) is 0 Å². The Bertz CT molecular complexity index is 1130. The summed E-state index contributed by atoms with van der Waals surface area (Å²) in [6.45, 7) is 0. The average molecular weight is 475 g/mol. The summed E-state index contributed by atoms with van der Waals surface area (Å²) >= 11 is 9.38. The highest BCUT2D eigenvalue weighted by atomic mass is 79.9. The summed E-state index contributed by atoms with van der Waals surface area (Å²) in [6.07, 6.45) is 0. The molecule has 10 heteroatoms. The van der Waals surface area contributed by atoms with E-state index in [0.717, 1.165) is 4.47 Å². The number of carbonyl (C=O) groups is 2. The lowest BCUT2D eigenvalue weighted by Crippen LogP contribution is -2.32. The number of tetrazole rings is 1. The van der Waals surface area contributed by atoms with Crippen molar-refractivity contribution in [3.05, 3.63) is 80.4 Å². The minimum absolute atomic E-state index is 0.0114. The number of ether oxygens (including phenoxy) is 1. The summed E-state index contributed by atoms with van der Waals surface area (Å²) in [5.74, 6) is -0.831. The first-order valence-corrected chi connectivity index (χ1v) is 9.60. The van der Waals surface area contributed by atoms with Crippen LogP contribution in [0.1, 0.15) is 22.0 Å². The van der Waals surface area contributed by atoms with E-state index in [1.54, 1.807) is 48.5 Å². The smallest absolute Gasteiger partial charge is 0.355 e. The minimum Gasteiger partial charge on any atom is -0.464 e. The first-order chi connectivity index (χ1) is 14.0. The molecule has 0 aliphatic carbocycles. The van der Waals surface area contributed by atoms with Crippen LogP contribution in [0.3, 0.4) is 0 Å². The summed E-state index contributed by atoms with van der Waals surface area (Å²) in [6, 6.07) is 13.0. The molecule has 1 atom stereocenters. The summed E-state index contributed by atoms with van der Waals surface area (Å²) in [5, 5.41) is 15.0. The molecule has 1 aromatic heterocycles. The predicted molar refractivity (Wildman–Crippen MR) is 109 cm³/mol. The summed E-state index contributed by atoms with van der Waals surface area (Å²) in [4.78, 5) is 26.0. The third-order valence-corrected chi connectivity index (χ3v) is 5.22. The van der Waals surface area contributed by atoms with E-state index in [2.05, 4.69) is 36.8 Å². The number of ketones is 1. The van der Waals surface area contributed by atoms with E-state index in [1.165, 1.54) is 11.8 Å². The molecule has 2 aromatic carbocycles. The summed E-state index contributed by atoms with van der Waals surface area (Å²) in [5.41, 5.74) is 1.25. The second kappa shape index (κ2) is 7.76. The van der Waals surface area contributed by atoms with Crippen molar-refractivity contribution in [3.63, 3.8) is 0 Å². The second-order valence-electron chi connectivity index (χ2n) is 6.14. The third-order valence-electron chi connectivity index (χ3n) is 4.44. The first-order valence-electron chi connectivity index (χ1n) is 8.42. The van der Waals surface area contributed by atoms with Gasteiger partial charge in [-0.2, -0.15) is 4.68 Å². The van der Waals surface area contributed by atoms with Crippen LogP contribution in [0.4, 0.5) is 5.95 Å². The standard InChI is InChI=1S/C19H13BrClN5O3/c1-29-18(28)15-14(17(27)11-2-6-12(20)7-3-11)16(10-4-8-13(21)9-5-10)26-19(22-15)23-24-25-26/h2-9,16H,1H3,(H,22,23,25)/t16-/m0/s1. The summed E-state index contributed by atoms with van der Waals surface area (Å²) in [7, 11) is 1.24. The number of methoxy groups -OCH3 is 1. The highest BCUT2D eigenvalue weighted by Crippen LogP contribution is 2.37. The highest BCUT2D eigenvalue weighted by Gasteiger charge is 2.38. The van der Waals surface area contributed by atoms with Crippen LogP contribution in [0.5, 0.6) is 0 Å². The van der Waals surface area contributed by atoms with E-state index in [-0.39, 0.29) is 23.0 Å². The molecule has 8 nitrogen and oxygen atoms in total. The maximum atomic E-state index is 13.5. The van der Waals surface area contributed by atoms with Crippen LogP contribution in [-0.2, 0) is 9.53 Å². The fraction of sp³-hybridized carbons (Fsp3) is 0.105. The fourth-order valence-electron chi connectivity index (χ4n) is 3.10. The normalized spacial score (nSPS) is 15.5. The Labute approximate surface area is 178 Å². The average Bonchev–Trinajstić information content (AvgIpc) is 3.21. The maximum absolute atomic E-state index is 13.5. The van der Waals surface area contributed by atoms with Gasteiger partial charge in [0.1, 0.15) is 11.7 Å². The van der Waals surface area contributed by atoms with Gasteiger partial charge in [0.05, 0.1) is 12.7 Å². The molecule has 0 unspecified atom stereocenters. The lowest BCUT2D eigenvalue weighted by Gasteiger charge is -2.28. The zero-order valence-electron chi connectivity index (χ0n) is 15.0. The third kappa shape index (κ3) is 3.54. The number of hydrogen-bond acceptors (Lipinski definition) is 7. The van der Waals surface area contributed by atoms with Gasteiger partial charge in [0, 0.05) is 15.1 Å². The van der Waals surface area contributed by atoms with Crippen LogP contribution in [0, 0.1) is 0 Å². The van der Waals surface area contributed by atoms with Crippen LogP contribution < -0.4 is 5.32 Å². The number of allylic oxidation sites excluding steroid dienone is 1. The van der Waals surface area contributed by atoms with Crippen LogP contribution >= 0.6 is 27.5 Å². The van der Waals surface area contributed by atoms with Gasteiger partial charge in [-0.05, 0) is 52.4 Å². The van der Waals surface area contributed by atoms with E-state index < -0.39 is 12.0 Å². The number of benzene rings is 2. The van der Waals surface area contributed by atoms with Gasteiger partial charge in [-0.15, -0.1) is 0 Å². The van der Waals surface area contributed by atoms with Crippen LogP contribution in [-0.4, -0.2) is 39.1 Å². The minimum atomic E-state index is -0.747. The van der Waals surface area contributed by atoms with E-state index in [4.69, 9.17) is 16.3 Å². The van der Waals surface area contributed by atoms with Crippen molar-refractivity contribution in [2.45, 2.75) is 6.04 Å². The number of rotatable bonds is 4. The maximum Gasteiger partial charge on any atom is 0.355 e. The van der Waals surface area contributed by atoms with Crippen LogP contribution in [0.15, 0.2) is 64.3 Å². The number of nitrogens with one attached hydrogen (secondary N) is 1. The van der Waals surface area contributed by atoms with E-state index in [0.29, 0.717) is 16.1 Å². The van der Waals surface area contributed by atoms with Crippen molar-refractivity contribution in [1.29, 1.82) is 0 Å². The first kappa shape index (κ1) is 19.3. The number of esters is 1. The van der Waals surface area contributed by atoms with Crippen molar-refractivity contribution in [2.75, 3.05) is 12.4 Å². The number of anilines is 1. The number of carbonyl (C=O) groups excluding carboxylic acids is 2. The molecular weight excluding hydrogens is 462 g/mol. The number of Topliss-reactive ketones (excluding diaryl/α,β-unsaturated/α-hetero) is 1. The number of fused-ring (bicyclic) bond motifs is 1. The van der Waals surface area contributed by atoms with Crippen molar-refractivity contribution >= 4 is 45.2 Å². The van der Waals surface area contributed by atoms with Gasteiger partial charge in [0.2, 0.25) is 5.95 Å². The molecule has 146 valence electrons. The number of hydrogen-bond donors (Lipinski definition) is 1. The molecular formula is C19H13BrClN5O3. The van der Waals surface area contributed by atoms with Crippen molar-refractivity contribution in [3.8, 4) is 0 Å². The van der Waals surface area contributed by atoms with Gasteiger partial charge >= 0.3 is 5.97 Å². The van der Waals surface area contributed by atoms with Crippen molar-refractivity contribution in [1.82, 2.24) is 20.2 Å². The van der Waals surface area contributed by atoms with Gasteiger partial charge in [0.25, 0.3) is 0 Å². The van der Waals surface area contributed by atoms with Crippen molar-refractivity contribution < 1.29 is 14.3 Å². The molecule has 0 radical (unpaired) electrons. The Morgan fingerprint density at radius 1 is 1.14 bits per heavy atom. The largest absolute Gasteiger partial charge is 0.464 e. The molecule has 2 heterocycles. The van der Waals surface area contributed by atoms with Gasteiger partial charge in [-0.1, -0.05) is 44.8 Å². The van der Waals surface area contributed by atoms with Gasteiger partial charge in [0.15, 0.2) is 5.78 Å². The lowest BCUT2D eigenvalue weighted by molar-refractivity contribution is -0.136. The van der Waals surface area contributed by atoms with Gasteiger partial charge in [-0.25, -0.2) is 4.79 Å². The molecule has 0 spiro atoms. The molecule has 1 aliphatic rings. The number of nitrogens with zero attached hydrogens (tertiary/aromatic N) is 4. The molecule has 0 saturated carbocycles. The Hall–Kier alpha value is -3.04. The van der Waals surface area contributed by atoms with Crippen LogP contribution in [0.25, 0.3) is 0 Å². The monoisotopic (exact) mass is 473 g/mol. The molecule has 0 amide bonds. The Morgan fingerprint density at radius 2 is 1.83 bits per heavy atom. The highest BCUT2D eigenvalue weighted by molar-refractivity contribution is 9.10. The predicted octanol–water partition coefficient (Wildman–Crippen LogP) is 3.41. The quantitative estimate of drug-likeness (QED) is 0.457. The Balaban J connectivity index is 1.94. The van der Waals surface area contributed by atoms with Crippen molar-refractivity contribution in [2.24, 2.45) is 0 Å². The molecule has 0 fully saturated rings. The SMILES string of the molecule is COC(=O)C1=C(C(=O)c2ccc(Br)cc2)[C@H](c2ccc(Cl)cc2)n2nnnc2N1. The molecule has 0 saturated heterocycles. The second-order valence-corrected chi connectivity index (χ2v) is 7.49. The Morgan fingerprint density at radius 3 is 2.48 bits per heavy atom. The molecule has 1 N–H and O–H groups in total. The summed E-state index contributed by atoms with van der Waals surface area (Å²) < 4.78 is 7.18. The molecule has 1 aliphatic heterocycles. The van der Waals surface area contributed by atoms with Gasteiger partial charge < -0.3 is 10.1 Å². The Kier molecular flexibility index (Phi) is 5.16. The lowest BCUT2D eigenvalue weighted by atomic mass is 9.89. The van der Waals surface area contributed by atoms with Gasteiger partial charge in [-0.3, -0.25) is 4.79 Å². The molecule has 4 rings (SSSR count).